The predicted octanol–water partition coefficient (Wildman–Crippen LogP) is 3.77. The molecular formula is C27H27F2N5O2. The molecule has 0 bridgehead atoms. The first-order valence-electron chi connectivity index (χ1n) is 12.2. The summed E-state index contributed by atoms with van der Waals surface area (Å²) >= 11 is 0. The second kappa shape index (κ2) is 10.4. The van der Waals surface area contributed by atoms with Crippen LogP contribution in [0.15, 0.2) is 60.7 Å². The summed E-state index contributed by atoms with van der Waals surface area (Å²) in [5.41, 5.74) is 1.44. The summed E-state index contributed by atoms with van der Waals surface area (Å²) in [5, 5.41) is 8.64. The van der Waals surface area contributed by atoms with Gasteiger partial charge in [0, 0.05) is 37.8 Å². The third-order valence-electron chi connectivity index (χ3n) is 6.62. The number of hydrogen-bond donors (Lipinski definition) is 0. The lowest BCUT2D eigenvalue weighted by Crippen LogP contribution is -2.45. The van der Waals surface area contributed by atoms with E-state index in [1.54, 1.807) is 29.2 Å². The van der Waals surface area contributed by atoms with Crippen molar-refractivity contribution < 1.29 is 18.4 Å². The minimum absolute atomic E-state index is 0.00176. The summed E-state index contributed by atoms with van der Waals surface area (Å²) < 4.78 is 27.4. The number of aromatic nitrogens is 2. The Morgan fingerprint density at radius 2 is 1.67 bits per heavy atom. The van der Waals surface area contributed by atoms with Crippen molar-refractivity contribution in [3.05, 3.63) is 77.9 Å². The van der Waals surface area contributed by atoms with Crippen LogP contribution >= 0.6 is 0 Å². The summed E-state index contributed by atoms with van der Waals surface area (Å²) in [6, 6.07) is 15.7. The number of halogens is 2. The molecule has 2 aromatic carbocycles. The van der Waals surface area contributed by atoms with Crippen LogP contribution in [0.2, 0.25) is 0 Å². The minimum Gasteiger partial charge on any atom is -0.353 e. The summed E-state index contributed by atoms with van der Waals surface area (Å²) in [7, 11) is 0. The molecule has 2 aliphatic rings. The number of hydrogen-bond acceptors (Lipinski definition) is 5. The first kappa shape index (κ1) is 23.8. The van der Waals surface area contributed by atoms with Crippen molar-refractivity contribution in [3.63, 3.8) is 0 Å². The van der Waals surface area contributed by atoms with Crippen molar-refractivity contribution in [2.24, 2.45) is 0 Å². The van der Waals surface area contributed by atoms with Crippen molar-refractivity contribution in [3.8, 4) is 11.3 Å². The largest absolute Gasteiger partial charge is 0.353 e. The fourth-order valence-electron chi connectivity index (χ4n) is 4.45. The number of benzene rings is 2. The molecule has 186 valence electrons. The second-order valence-corrected chi connectivity index (χ2v) is 9.15. The van der Waals surface area contributed by atoms with Crippen LogP contribution in [0.1, 0.15) is 29.6 Å². The van der Waals surface area contributed by atoms with Gasteiger partial charge in [-0.2, -0.15) is 0 Å². The van der Waals surface area contributed by atoms with Crippen molar-refractivity contribution in [2.45, 2.75) is 25.3 Å². The van der Waals surface area contributed by atoms with Gasteiger partial charge in [0.25, 0.3) is 5.91 Å². The highest BCUT2D eigenvalue weighted by atomic mass is 19.1. The molecule has 3 aromatic rings. The van der Waals surface area contributed by atoms with Crippen LogP contribution in [0.3, 0.4) is 0 Å². The van der Waals surface area contributed by atoms with Crippen LogP contribution in [0.25, 0.3) is 11.3 Å². The lowest BCUT2D eigenvalue weighted by Gasteiger charge is -2.27. The summed E-state index contributed by atoms with van der Waals surface area (Å²) in [4.78, 5) is 31.5. The topological polar surface area (TPSA) is 69.6 Å². The molecule has 5 rings (SSSR count). The molecule has 1 aliphatic carbocycles. The number of carbonyl (C=O) groups excluding carboxylic acids is 2. The molecule has 2 heterocycles. The van der Waals surface area contributed by atoms with Crippen LogP contribution in [0.5, 0.6) is 0 Å². The third-order valence-corrected chi connectivity index (χ3v) is 6.62. The molecule has 2 fully saturated rings. The van der Waals surface area contributed by atoms with E-state index in [1.807, 2.05) is 12.1 Å². The molecular weight excluding hydrogens is 464 g/mol. The van der Waals surface area contributed by atoms with Gasteiger partial charge in [-0.25, -0.2) is 8.78 Å². The quantitative estimate of drug-likeness (QED) is 0.525. The lowest BCUT2D eigenvalue weighted by atomic mass is 10.1. The SMILES string of the molecule is O=C(CN(C(=O)c1ccccc1F)C1CC1)N1CCCN(c2ccc(-c3ccc(F)cc3)nn2)CC1. The average molecular weight is 492 g/mol. The van der Waals surface area contributed by atoms with Gasteiger partial charge in [-0.3, -0.25) is 9.59 Å². The van der Waals surface area contributed by atoms with Crippen molar-refractivity contribution in [1.29, 1.82) is 0 Å². The van der Waals surface area contributed by atoms with Gasteiger partial charge in [0.2, 0.25) is 5.91 Å². The maximum Gasteiger partial charge on any atom is 0.257 e. The van der Waals surface area contributed by atoms with Gasteiger partial charge in [-0.05, 0) is 67.8 Å². The molecule has 0 atom stereocenters. The Labute approximate surface area is 208 Å². The Morgan fingerprint density at radius 1 is 0.889 bits per heavy atom. The summed E-state index contributed by atoms with van der Waals surface area (Å²) in [6.45, 7) is 2.31. The number of nitrogens with zero attached hydrogens (tertiary/aromatic N) is 5. The smallest absolute Gasteiger partial charge is 0.257 e. The lowest BCUT2D eigenvalue weighted by molar-refractivity contribution is -0.131. The molecule has 2 amide bonds. The Bertz CT molecular complexity index is 1230. The van der Waals surface area contributed by atoms with E-state index in [1.165, 1.54) is 29.2 Å². The monoisotopic (exact) mass is 491 g/mol. The van der Waals surface area contributed by atoms with E-state index >= 15 is 0 Å². The molecule has 9 heteroatoms. The van der Waals surface area contributed by atoms with Gasteiger partial charge in [-0.1, -0.05) is 12.1 Å². The molecule has 7 nitrogen and oxygen atoms in total. The molecule has 0 unspecified atom stereocenters. The molecule has 0 radical (unpaired) electrons. The van der Waals surface area contributed by atoms with Gasteiger partial charge >= 0.3 is 0 Å². The van der Waals surface area contributed by atoms with E-state index in [9.17, 15) is 18.4 Å². The second-order valence-electron chi connectivity index (χ2n) is 9.15. The molecule has 1 aliphatic heterocycles. The van der Waals surface area contributed by atoms with Crippen molar-refractivity contribution >= 4 is 17.6 Å². The highest BCUT2D eigenvalue weighted by molar-refractivity contribution is 5.97. The Balaban J connectivity index is 1.21. The van der Waals surface area contributed by atoms with E-state index < -0.39 is 11.7 Å². The van der Waals surface area contributed by atoms with E-state index in [0.717, 1.165) is 31.4 Å². The van der Waals surface area contributed by atoms with E-state index in [4.69, 9.17) is 0 Å². The molecule has 0 spiro atoms. The highest BCUT2D eigenvalue weighted by Crippen LogP contribution is 2.29. The predicted molar refractivity (Wildman–Crippen MR) is 131 cm³/mol. The van der Waals surface area contributed by atoms with E-state index in [2.05, 4.69) is 15.1 Å². The maximum atomic E-state index is 14.2. The van der Waals surface area contributed by atoms with Crippen LogP contribution in [0, 0.1) is 11.6 Å². The average Bonchev–Trinajstić information content (AvgIpc) is 3.75. The van der Waals surface area contributed by atoms with Gasteiger partial charge in [0.15, 0.2) is 5.82 Å². The number of anilines is 1. The summed E-state index contributed by atoms with van der Waals surface area (Å²) in [6.07, 6.45) is 2.40. The minimum atomic E-state index is -0.572. The zero-order chi connectivity index (χ0) is 25.1. The highest BCUT2D eigenvalue weighted by Gasteiger charge is 2.36. The molecule has 0 N–H and O–H groups in total. The molecule has 36 heavy (non-hydrogen) atoms. The fraction of sp³-hybridized carbons (Fsp3) is 0.333. The number of rotatable bonds is 6. The third kappa shape index (κ3) is 5.35. The zero-order valence-electron chi connectivity index (χ0n) is 19.8. The standard InChI is InChI=1S/C27H27F2N5O2/c28-20-8-6-19(7-9-20)24-12-13-25(31-30-24)32-14-3-15-33(17-16-32)26(35)18-34(21-10-11-21)27(36)22-4-1-2-5-23(22)29/h1-2,4-9,12-13,21H,3,10-11,14-18H2. The van der Waals surface area contributed by atoms with Crippen molar-refractivity contribution in [1.82, 2.24) is 20.0 Å². The van der Waals surface area contributed by atoms with Gasteiger partial charge in [0.1, 0.15) is 18.2 Å². The Hall–Kier alpha value is -3.88. The van der Waals surface area contributed by atoms with Crippen LogP contribution in [-0.4, -0.2) is 70.6 Å². The van der Waals surface area contributed by atoms with E-state index in [-0.39, 0.29) is 29.9 Å². The maximum absolute atomic E-state index is 14.2. The normalized spacial score (nSPS) is 15.9. The Kier molecular flexibility index (Phi) is 6.88. The number of carbonyl (C=O) groups is 2. The van der Waals surface area contributed by atoms with Crippen LogP contribution in [-0.2, 0) is 4.79 Å². The first-order valence-corrected chi connectivity index (χ1v) is 12.2. The molecule has 1 saturated carbocycles. The fourth-order valence-corrected chi connectivity index (χ4v) is 4.45. The zero-order valence-corrected chi connectivity index (χ0v) is 19.8. The molecule has 1 aromatic heterocycles. The number of amides is 2. The Morgan fingerprint density at radius 3 is 2.36 bits per heavy atom. The first-order chi connectivity index (χ1) is 17.5. The van der Waals surface area contributed by atoms with Crippen molar-refractivity contribution in [2.75, 3.05) is 37.6 Å². The van der Waals surface area contributed by atoms with Crippen LogP contribution < -0.4 is 4.90 Å². The van der Waals surface area contributed by atoms with Gasteiger partial charge in [-0.15, -0.1) is 10.2 Å². The van der Waals surface area contributed by atoms with Gasteiger partial charge < -0.3 is 14.7 Å². The van der Waals surface area contributed by atoms with Gasteiger partial charge in [0.05, 0.1) is 11.3 Å². The molecule has 1 saturated heterocycles. The summed E-state index contributed by atoms with van der Waals surface area (Å²) in [5.74, 6) is -0.728. The van der Waals surface area contributed by atoms with E-state index in [0.29, 0.717) is 31.1 Å². The van der Waals surface area contributed by atoms with Crippen LogP contribution in [0.4, 0.5) is 14.6 Å².